The molecule has 1 aromatic carbocycles. The molecule has 0 aliphatic carbocycles. The van der Waals surface area contributed by atoms with Gasteiger partial charge in [0.25, 0.3) is 0 Å². The Morgan fingerprint density at radius 1 is 1.22 bits per heavy atom. The van der Waals surface area contributed by atoms with Gasteiger partial charge < -0.3 is 9.84 Å². The van der Waals surface area contributed by atoms with Crippen molar-refractivity contribution in [2.75, 3.05) is 0 Å². The van der Waals surface area contributed by atoms with E-state index in [0.717, 1.165) is 24.0 Å². The Hall–Kier alpha value is -2.03. The third kappa shape index (κ3) is 5.93. The summed E-state index contributed by atoms with van der Waals surface area (Å²) in [5.41, 5.74) is 3.72. The van der Waals surface area contributed by atoms with Crippen LogP contribution in [0.2, 0.25) is 0 Å². The van der Waals surface area contributed by atoms with Gasteiger partial charge in [0.2, 0.25) is 0 Å². The van der Waals surface area contributed by atoms with Crippen molar-refractivity contribution in [1.29, 1.82) is 0 Å². The van der Waals surface area contributed by atoms with E-state index in [1.54, 1.807) is 6.92 Å². The topological polar surface area (TPSA) is 46.5 Å². The van der Waals surface area contributed by atoms with E-state index in [0.29, 0.717) is 5.56 Å². The number of carbonyl (C=O) groups is 1. The summed E-state index contributed by atoms with van der Waals surface area (Å²) in [5, 5.41) is 10.3. The van der Waals surface area contributed by atoms with E-state index < -0.39 is 5.97 Å². The minimum atomic E-state index is -0.455. The van der Waals surface area contributed by atoms with Crippen LogP contribution in [0.25, 0.3) is 0 Å². The van der Waals surface area contributed by atoms with Crippen LogP contribution >= 0.6 is 0 Å². The second-order valence-electron chi connectivity index (χ2n) is 6.55. The van der Waals surface area contributed by atoms with Crippen molar-refractivity contribution in [3.63, 3.8) is 0 Å². The van der Waals surface area contributed by atoms with Crippen LogP contribution in [0.3, 0.4) is 0 Å². The van der Waals surface area contributed by atoms with Gasteiger partial charge in [-0.25, -0.2) is 4.79 Å². The van der Waals surface area contributed by atoms with Crippen molar-refractivity contribution < 1.29 is 14.6 Å². The summed E-state index contributed by atoms with van der Waals surface area (Å²) in [7, 11) is 0. The van der Waals surface area contributed by atoms with Crippen LogP contribution in [0.15, 0.2) is 35.4 Å². The standard InChI is InChI=1S/C20H28O3/c1-13(2)8-7-9-15(5)17-11-10-16(6)19(22)20(17)23-18(21)12-14(3)4/h8,10-12,15,22H,7,9H2,1-6H3. The van der Waals surface area contributed by atoms with Crippen LogP contribution in [0.5, 0.6) is 11.5 Å². The van der Waals surface area contributed by atoms with E-state index in [2.05, 4.69) is 26.8 Å². The number of phenolic OH excluding ortho intramolecular Hbond substituents is 1. The van der Waals surface area contributed by atoms with Crippen molar-refractivity contribution in [2.24, 2.45) is 0 Å². The first-order valence-corrected chi connectivity index (χ1v) is 8.05. The Morgan fingerprint density at radius 3 is 2.43 bits per heavy atom. The van der Waals surface area contributed by atoms with Crippen LogP contribution in [0.1, 0.15) is 64.5 Å². The van der Waals surface area contributed by atoms with E-state index in [9.17, 15) is 9.90 Å². The molecule has 3 nitrogen and oxygen atoms in total. The molecule has 126 valence electrons. The first kappa shape index (κ1) is 19.0. The van der Waals surface area contributed by atoms with Gasteiger partial charge in [-0.3, -0.25) is 0 Å². The zero-order valence-electron chi connectivity index (χ0n) is 15.1. The molecule has 0 radical (unpaired) electrons. The number of carbonyl (C=O) groups excluding carboxylic acids is 1. The van der Waals surface area contributed by atoms with Crippen molar-refractivity contribution in [2.45, 2.75) is 60.3 Å². The van der Waals surface area contributed by atoms with Gasteiger partial charge in [-0.05, 0) is 58.9 Å². The van der Waals surface area contributed by atoms with Gasteiger partial charge >= 0.3 is 5.97 Å². The smallest absolute Gasteiger partial charge is 0.336 e. The number of allylic oxidation sites excluding steroid dienone is 3. The summed E-state index contributed by atoms with van der Waals surface area (Å²) in [6.45, 7) is 11.7. The van der Waals surface area contributed by atoms with Crippen molar-refractivity contribution in [1.82, 2.24) is 0 Å². The minimum absolute atomic E-state index is 0.0482. The minimum Gasteiger partial charge on any atom is -0.504 e. The van der Waals surface area contributed by atoms with Gasteiger partial charge in [0.15, 0.2) is 11.5 Å². The largest absolute Gasteiger partial charge is 0.504 e. The van der Waals surface area contributed by atoms with Crippen LogP contribution in [-0.4, -0.2) is 11.1 Å². The molecule has 0 aliphatic rings. The molecule has 23 heavy (non-hydrogen) atoms. The highest BCUT2D eigenvalue weighted by atomic mass is 16.5. The maximum Gasteiger partial charge on any atom is 0.336 e. The Labute approximate surface area is 139 Å². The predicted octanol–water partition coefficient (Wildman–Crippen LogP) is 5.42. The third-order valence-corrected chi connectivity index (χ3v) is 3.66. The zero-order chi connectivity index (χ0) is 17.6. The fourth-order valence-corrected chi connectivity index (χ4v) is 2.32. The van der Waals surface area contributed by atoms with Gasteiger partial charge in [-0.15, -0.1) is 0 Å². The highest BCUT2D eigenvalue weighted by Gasteiger charge is 2.19. The number of benzene rings is 1. The van der Waals surface area contributed by atoms with Gasteiger partial charge in [-0.1, -0.05) is 36.3 Å². The predicted molar refractivity (Wildman–Crippen MR) is 95.0 cm³/mol. The first-order valence-electron chi connectivity index (χ1n) is 8.05. The van der Waals surface area contributed by atoms with Gasteiger partial charge in [0.1, 0.15) is 0 Å². The zero-order valence-corrected chi connectivity index (χ0v) is 15.1. The molecule has 1 unspecified atom stereocenters. The summed E-state index contributed by atoms with van der Waals surface area (Å²) in [5.74, 6) is 0.0690. The lowest BCUT2D eigenvalue weighted by atomic mass is 9.93. The fourth-order valence-electron chi connectivity index (χ4n) is 2.32. The van der Waals surface area contributed by atoms with Crippen molar-refractivity contribution >= 4 is 5.97 Å². The van der Waals surface area contributed by atoms with Crippen molar-refractivity contribution in [3.8, 4) is 11.5 Å². The molecule has 0 aromatic heterocycles. The summed E-state index contributed by atoms with van der Waals surface area (Å²) < 4.78 is 5.44. The number of hydrogen-bond acceptors (Lipinski definition) is 3. The summed E-state index contributed by atoms with van der Waals surface area (Å²) in [4.78, 5) is 11.9. The lowest BCUT2D eigenvalue weighted by Gasteiger charge is -2.17. The number of ether oxygens (including phenoxy) is 1. The number of phenols is 1. The highest BCUT2D eigenvalue weighted by Crippen LogP contribution is 2.39. The third-order valence-electron chi connectivity index (χ3n) is 3.66. The Morgan fingerprint density at radius 2 is 1.87 bits per heavy atom. The fraction of sp³-hybridized carbons (Fsp3) is 0.450. The normalized spacial score (nSPS) is 11.6. The maximum atomic E-state index is 11.9. The second-order valence-corrected chi connectivity index (χ2v) is 6.55. The molecule has 0 aliphatic heterocycles. The molecule has 1 N–H and O–H groups in total. The average Bonchev–Trinajstić information content (AvgIpc) is 2.42. The van der Waals surface area contributed by atoms with Gasteiger partial charge in [0.05, 0.1) is 0 Å². The molecular formula is C20H28O3. The molecule has 0 fully saturated rings. The first-order chi connectivity index (χ1) is 10.7. The maximum absolute atomic E-state index is 11.9. The SMILES string of the molecule is CC(C)=CCCC(C)c1ccc(C)c(O)c1OC(=O)C=C(C)C. The molecule has 0 bridgehead atoms. The van der Waals surface area contributed by atoms with E-state index >= 15 is 0 Å². The number of esters is 1. The van der Waals surface area contributed by atoms with E-state index in [-0.39, 0.29) is 17.4 Å². The number of rotatable bonds is 6. The van der Waals surface area contributed by atoms with Crippen LogP contribution in [0, 0.1) is 6.92 Å². The lowest BCUT2D eigenvalue weighted by Crippen LogP contribution is -2.08. The van der Waals surface area contributed by atoms with Crippen LogP contribution in [-0.2, 0) is 4.79 Å². The number of aromatic hydroxyl groups is 1. The molecular weight excluding hydrogens is 288 g/mol. The van der Waals surface area contributed by atoms with E-state index in [1.165, 1.54) is 11.6 Å². The quantitative estimate of drug-likeness (QED) is 0.330. The van der Waals surface area contributed by atoms with Gasteiger partial charge in [0, 0.05) is 11.6 Å². The molecule has 0 saturated carbocycles. The molecule has 0 heterocycles. The molecule has 1 atom stereocenters. The molecule has 1 rings (SSSR count). The monoisotopic (exact) mass is 316 g/mol. The Balaban J connectivity index is 3.07. The number of aryl methyl sites for hydroxylation is 1. The summed E-state index contributed by atoms with van der Waals surface area (Å²) in [6, 6.07) is 3.80. The molecule has 1 aromatic rings. The van der Waals surface area contributed by atoms with E-state index in [1.807, 2.05) is 26.0 Å². The van der Waals surface area contributed by atoms with Crippen LogP contribution < -0.4 is 4.74 Å². The molecule has 0 saturated heterocycles. The van der Waals surface area contributed by atoms with Gasteiger partial charge in [-0.2, -0.15) is 0 Å². The molecule has 0 amide bonds. The van der Waals surface area contributed by atoms with E-state index in [4.69, 9.17) is 4.74 Å². The molecule has 0 spiro atoms. The summed E-state index contributed by atoms with van der Waals surface area (Å²) in [6.07, 6.45) is 5.51. The second kappa shape index (κ2) is 8.56. The summed E-state index contributed by atoms with van der Waals surface area (Å²) >= 11 is 0. The average molecular weight is 316 g/mol. The number of hydrogen-bond donors (Lipinski definition) is 1. The van der Waals surface area contributed by atoms with Crippen LogP contribution in [0.4, 0.5) is 0 Å². The lowest BCUT2D eigenvalue weighted by molar-refractivity contribution is -0.129. The highest BCUT2D eigenvalue weighted by molar-refractivity contribution is 5.85. The van der Waals surface area contributed by atoms with Crippen molar-refractivity contribution in [3.05, 3.63) is 46.6 Å². The Bertz CT molecular complexity index is 616. The Kier molecular flexibility index (Phi) is 7.08. The molecule has 3 heteroatoms.